The number of carbonyl (C=O) groups is 1. The first-order valence-corrected chi connectivity index (χ1v) is 11.8. The van der Waals surface area contributed by atoms with E-state index in [1.165, 1.54) is 11.8 Å². The van der Waals surface area contributed by atoms with Gasteiger partial charge < -0.3 is 19.4 Å². The van der Waals surface area contributed by atoms with Crippen molar-refractivity contribution in [3.8, 4) is 11.5 Å². The zero-order chi connectivity index (χ0) is 23.1. The van der Waals surface area contributed by atoms with E-state index in [4.69, 9.17) is 21.1 Å². The maximum Gasteiger partial charge on any atom is 0.234 e. The molecule has 0 aliphatic rings. The second kappa shape index (κ2) is 11.2. The first-order chi connectivity index (χ1) is 15.4. The quantitative estimate of drug-likeness (QED) is 0.389. The normalized spacial score (nSPS) is 11.8. The molecule has 9 heteroatoms. The van der Waals surface area contributed by atoms with Gasteiger partial charge in [0.1, 0.15) is 11.5 Å². The molecule has 0 saturated carbocycles. The third kappa shape index (κ3) is 5.95. The van der Waals surface area contributed by atoms with E-state index >= 15 is 0 Å². The average molecular weight is 475 g/mol. The van der Waals surface area contributed by atoms with Gasteiger partial charge in [0.05, 0.1) is 23.1 Å². The zero-order valence-electron chi connectivity index (χ0n) is 18.6. The summed E-state index contributed by atoms with van der Waals surface area (Å²) in [7, 11) is 0. The maximum atomic E-state index is 12.5. The summed E-state index contributed by atoms with van der Waals surface area (Å²) in [6, 6.07) is 13.0. The van der Waals surface area contributed by atoms with Crippen molar-refractivity contribution >= 4 is 35.0 Å². The molecule has 1 unspecified atom stereocenters. The van der Waals surface area contributed by atoms with Crippen LogP contribution in [0.25, 0.3) is 0 Å². The van der Waals surface area contributed by atoms with Crippen molar-refractivity contribution in [2.24, 2.45) is 0 Å². The SMILES string of the molecule is CCOc1ccccc1NC(=O)CSc1nnc(C(C)Oc2cc(C)ccc2Cl)n1CC. The molecule has 1 N–H and O–H groups in total. The first kappa shape index (κ1) is 23.9. The van der Waals surface area contributed by atoms with Crippen LogP contribution in [0.1, 0.15) is 38.3 Å². The van der Waals surface area contributed by atoms with Gasteiger partial charge in [0.2, 0.25) is 5.91 Å². The van der Waals surface area contributed by atoms with E-state index in [0.29, 0.717) is 46.3 Å². The Bertz CT molecular complexity index is 1070. The predicted molar refractivity (Wildman–Crippen MR) is 128 cm³/mol. The Balaban J connectivity index is 1.66. The van der Waals surface area contributed by atoms with E-state index in [1.54, 1.807) is 0 Å². The predicted octanol–water partition coefficient (Wildman–Crippen LogP) is 5.53. The van der Waals surface area contributed by atoms with Gasteiger partial charge in [-0.1, -0.05) is 41.6 Å². The second-order valence-electron chi connectivity index (χ2n) is 7.05. The largest absolute Gasteiger partial charge is 0.492 e. The van der Waals surface area contributed by atoms with Crippen LogP contribution in [-0.2, 0) is 11.3 Å². The Morgan fingerprint density at radius 3 is 2.72 bits per heavy atom. The van der Waals surface area contributed by atoms with Gasteiger partial charge in [-0.15, -0.1) is 10.2 Å². The Morgan fingerprint density at radius 2 is 1.97 bits per heavy atom. The number of carbonyl (C=O) groups excluding carboxylic acids is 1. The van der Waals surface area contributed by atoms with Gasteiger partial charge in [0.25, 0.3) is 0 Å². The van der Waals surface area contributed by atoms with Crippen molar-refractivity contribution in [1.29, 1.82) is 0 Å². The van der Waals surface area contributed by atoms with Crippen LogP contribution in [0.15, 0.2) is 47.6 Å². The number of rotatable bonds is 10. The number of hydrogen-bond acceptors (Lipinski definition) is 6. The molecule has 1 amide bonds. The van der Waals surface area contributed by atoms with Gasteiger partial charge in [-0.3, -0.25) is 4.79 Å². The third-order valence-electron chi connectivity index (χ3n) is 4.61. The number of aryl methyl sites for hydroxylation is 1. The van der Waals surface area contributed by atoms with E-state index in [1.807, 2.05) is 74.7 Å². The second-order valence-corrected chi connectivity index (χ2v) is 8.39. The van der Waals surface area contributed by atoms with Crippen molar-refractivity contribution in [1.82, 2.24) is 14.8 Å². The molecular formula is C23H27ClN4O3S. The van der Waals surface area contributed by atoms with Crippen molar-refractivity contribution in [3.63, 3.8) is 0 Å². The molecule has 0 fully saturated rings. The van der Waals surface area contributed by atoms with Crippen LogP contribution in [-0.4, -0.2) is 33.0 Å². The summed E-state index contributed by atoms with van der Waals surface area (Å²) in [6.45, 7) is 8.96. The van der Waals surface area contributed by atoms with Gasteiger partial charge >= 0.3 is 0 Å². The summed E-state index contributed by atoms with van der Waals surface area (Å²) in [5, 5.41) is 12.7. The molecule has 3 aromatic rings. The summed E-state index contributed by atoms with van der Waals surface area (Å²) < 4.78 is 13.6. The lowest BCUT2D eigenvalue weighted by atomic mass is 10.2. The maximum absolute atomic E-state index is 12.5. The lowest BCUT2D eigenvalue weighted by Crippen LogP contribution is -2.16. The van der Waals surface area contributed by atoms with Gasteiger partial charge in [-0.25, -0.2) is 0 Å². The molecule has 1 aromatic heterocycles. The van der Waals surface area contributed by atoms with Gasteiger partial charge in [0.15, 0.2) is 17.1 Å². The number of nitrogens with zero attached hydrogens (tertiary/aromatic N) is 3. The smallest absolute Gasteiger partial charge is 0.234 e. The number of ether oxygens (including phenoxy) is 2. The monoisotopic (exact) mass is 474 g/mol. The van der Waals surface area contributed by atoms with Crippen LogP contribution in [0.5, 0.6) is 11.5 Å². The minimum atomic E-state index is -0.358. The molecule has 7 nitrogen and oxygen atoms in total. The molecule has 0 spiro atoms. The molecule has 0 radical (unpaired) electrons. The topological polar surface area (TPSA) is 78.3 Å². The number of aromatic nitrogens is 3. The van der Waals surface area contributed by atoms with Crippen LogP contribution in [0.2, 0.25) is 5.02 Å². The highest BCUT2D eigenvalue weighted by atomic mass is 35.5. The number of halogens is 1. The van der Waals surface area contributed by atoms with Crippen LogP contribution < -0.4 is 14.8 Å². The zero-order valence-corrected chi connectivity index (χ0v) is 20.2. The summed E-state index contributed by atoms with van der Waals surface area (Å²) in [6.07, 6.45) is -0.358. The molecule has 32 heavy (non-hydrogen) atoms. The fourth-order valence-electron chi connectivity index (χ4n) is 3.12. The summed E-state index contributed by atoms with van der Waals surface area (Å²) >= 11 is 7.59. The minimum absolute atomic E-state index is 0.148. The molecule has 3 rings (SSSR count). The molecule has 1 atom stereocenters. The Kier molecular flexibility index (Phi) is 8.41. The highest BCUT2D eigenvalue weighted by Crippen LogP contribution is 2.31. The molecule has 2 aromatic carbocycles. The van der Waals surface area contributed by atoms with Gasteiger partial charge in [-0.05, 0) is 57.5 Å². The van der Waals surface area contributed by atoms with E-state index in [0.717, 1.165) is 5.56 Å². The van der Waals surface area contributed by atoms with Crippen LogP contribution in [0.4, 0.5) is 5.69 Å². The molecule has 0 aliphatic heterocycles. The third-order valence-corrected chi connectivity index (χ3v) is 5.89. The average Bonchev–Trinajstić information content (AvgIpc) is 3.19. The van der Waals surface area contributed by atoms with E-state index < -0.39 is 0 Å². The lowest BCUT2D eigenvalue weighted by Gasteiger charge is -2.17. The van der Waals surface area contributed by atoms with E-state index in [2.05, 4.69) is 15.5 Å². The first-order valence-electron chi connectivity index (χ1n) is 10.4. The van der Waals surface area contributed by atoms with E-state index in [9.17, 15) is 4.79 Å². The molecule has 1 heterocycles. The van der Waals surface area contributed by atoms with Gasteiger partial charge in [0, 0.05) is 6.54 Å². The molecular weight excluding hydrogens is 448 g/mol. The fraction of sp³-hybridized carbons (Fsp3) is 0.348. The lowest BCUT2D eigenvalue weighted by molar-refractivity contribution is -0.113. The molecule has 0 bridgehead atoms. The Labute approximate surface area is 197 Å². The Morgan fingerprint density at radius 1 is 1.19 bits per heavy atom. The van der Waals surface area contributed by atoms with Crippen LogP contribution in [0.3, 0.4) is 0 Å². The number of hydrogen-bond donors (Lipinski definition) is 1. The number of para-hydroxylation sites is 2. The number of benzene rings is 2. The Hall–Kier alpha value is -2.71. The van der Waals surface area contributed by atoms with Gasteiger partial charge in [-0.2, -0.15) is 0 Å². The van der Waals surface area contributed by atoms with Crippen molar-refractivity contribution in [2.45, 2.75) is 45.5 Å². The number of thioether (sulfide) groups is 1. The van der Waals surface area contributed by atoms with Crippen molar-refractivity contribution < 1.29 is 14.3 Å². The molecule has 0 aliphatic carbocycles. The highest BCUT2D eigenvalue weighted by Gasteiger charge is 2.20. The molecule has 0 saturated heterocycles. The highest BCUT2D eigenvalue weighted by molar-refractivity contribution is 7.99. The fourth-order valence-corrected chi connectivity index (χ4v) is 4.09. The minimum Gasteiger partial charge on any atom is -0.492 e. The van der Waals surface area contributed by atoms with Crippen LogP contribution >= 0.6 is 23.4 Å². The van der Waals surface area contributed by atoms with Crippen molar-refractivity contribution in [2.75, 3.05) is 17.7 Å². The number of anilines is 1. The molecule has 170 valence electrons. The number of nitrogens with one attached hydrogen (secondary N) is 1. The summed E-state index contributed by atoms with van der Waals surface area (Å²) in [5.74, 6) is 1.97. The van der Waals surface area contributed by atoms with E-state index in [-0.39, 0.29) is 17.8 Å². The van der Waals surface area contributed by atoms with Crippen LogP contribution in [0, 0.1) is 6.92 Å². The summed E-state index contributed by atoms with van der Waals surface area (Å²) in [4.78, 5) is 12.5. The standard InChI is InChI=1S/C23H27ClN4O3S/c1-5-28-22(16(4)31-20-13-15(3)11-12-17(20)24)26-27-23(28)32-14-21(29)25-18-9-7-8-10-19(18)30-6-2/h7-13,16H,5-6,14H2,1-4H3,(H,25,29). The summed E-state index contributed by atoms with van der Waals surface area (Å²) in [5.41, 5.74) is 1.70. The number of amides is 1. The van der Waals surface area contributed by atoms with Crippen molar-refractivity contribution in [3.05, 3.63) is 58.9 Å².